The maximum Gasteiger partial charge on any atom is 0.280 e. The molecule has 206 valence electrons. The van der Waals surface area contributed by atoms with Gasteiger partial charge in [-0.05, 0) is 45.0 Å². The lowest BCUT2D eigenvalue weighted by Gasteiger charge is -2.36. The Bertz CT molecular complexity index is 1900. The number of ether oxygens (including phenoxy) is 1. The molecule has 0 spiro atoms. The third-order valence-corrected chi connectivity index (χ3v) is 9.12. The van der Waals surface area contributed by atoms with Gasteiger partial charge in [-0.1, -0.05) is 23.2 Å². The van der Waals surface area contributed by atoms with Crippen LogP contribution in [-0.4, -0.2) is 36.9 Å². The molecule has 1 aliphatic heterocycles. The van der Waals surface area contributed by atoms with Crippen molar-refractivity contribution in [3.8, 4) is 17.1 Å². The van der Waals surface area contributed by atoms with Crippen LogP contribution in [0.2, 0.25) is 9.36 Å². The van der Waals surface area contributed by atoms with Gasteiger partial charge in [0.1, 0.15) is 22.8 Å². The van der Waals surface area contributed by atoms with Gasteiger partial charge in [-0.15, -0.1) is 11.3 Å². The van der Waals surface area contributed by atoms with E-state index in [9.17, 15) is 9.59 Å². The summed E-state index contributed by atoms with van der Waals surface area (Å²) in [5.41, 5.74) is 1.27. The molecular weight excluding hydrogens is 571 g/mol. The first-order chi connectivity index (χ1) is 19.0. The molecule has 6 rings (SSSR count). The Balaban J connectivity index is 1.69. The Morgan fingerprint density at radius 2 is 1.85 bits per heavy atom. The Labute approximate surface area is 244 Å². The van der Waals surface area contributed by atoms with E-state index >= 15 is 0 Å². The van der Waals surface area contributed by atoms with Gasteiger partial charge in [0.05, 0.1) is 39.4 Å². The van der Waals surface area contributed by atoms with Crippen molar-refractivity contribution in [2.45, 2.75) is 32.4 Å². The zero-order valence-electron chi connectivity index (χ0n) is 22.7. The molecule has 0 fully saturated rings. The summed E-state index contributed by atoms with van der Waals surface area (Å²) in [6, 6.07) is 9.00. The summed E-state index contributed by atoms with van der Waals surface area (Å²) in [7, 11) is 5.09. The number of imidazole rings is 1. The summed E-state index contributed by atoms with van der Waals surface area (Å²) in [5, 5.41) is 5.63. The third-order valence-electron chi connectivity index (χ3n) is 7.47. The van der Waals surface area contributed by atoms with E-state index in [-0.39, 0.29) is 23.0 Å². The number of halogens is 2. The molecule has 0 unspecified atom stereocenters. The monoisotopic (exact) mass is 596 g/mol. The average Bonchev–Trinajstić information content (AvgIpc) is 3.66. The van der Waals surface area contributed by atoms with Gasteiger partial charge in [0.25, 0.3) is 11.5 Å². The van der Waals surface area contributed by atoms with Crippen LogP contribution in [0.25, 0.3) is 22.3 Å². The van der Waals surface area contributed by atoms with Crippen LogP contribution in [0.3, 0.4) is 0 Å². The second kappa shape index (κ2) is 9.22. The molecule has 0 saturated carbocycles. The van der Waals surface area contributed by atoms with Crippen molar-refractivity contribution >= 4 is 57.0 Å². The fraction of sp³-hybridized carbons (Fsp3) is 0.286. The number of hydrogen-bond acceptors (Lipinski definition) is 6. The number of carbonyl (C=O) groups is 1. The van der Waals surface area contributed by atoms with Crippen LogP contribution in [0, 0.1) is 0 Å². The molecule has 12 heteroatoms. The topological polar surface area (TPSA) is 87.2 Å². The number of anilines is 1. The summed E-state index contributed by atoms with van der Waals surface area (Å²) in [6.45, 7) is 5.99. The van der Waals surface area contributed by atoms with Crippen molar-refractivity contribution in [3.63, 3.8) is 0 Å². The highest BCUT2D eigenvalue weighted by Gasteiger charge is 2.54. The van der Waals surface area contributed by atoms with Crippen LogP contribution >= 0.6 is 34.5 Å². The Morgan fingerprint density at radius 1 is 1.10 bits per heavy atom. The number of amides is 1. The number of methoxy groups -OCH3 is 1. The molecule has 1 atom stereocenters. The fourth-order valence-corrected chi connectivity index (χ4v) is 7.08. The van der Waals surface area contributed by atoms with Crippen molar-refractivity contribution in [2.24, 2.45) is 14.1 Å². The number of thiophene rings is 1. The molecule has 5 aromatic rings. The number of pyridine rings is 1. The van der Waals surface area contributed by atoms with Crippen LogP contribution in [0.5, 0.6) is 5.75 Å². The van der Waals surface area contributed by atoms with Crippen molar-refractivity contribution in [1.82, 2.24) is 23.9 Å². The van der Waals surface area contributed by atoms with Gasteiger partial charge in [0.15, 0.2) is 5.69 Å². The van der Waals surface area contributed by atoms with Gasteiger partial charge in [-0.25, -0.2) is 4.98 Å². The quantitative estimate of drug-likeness (QED) is 0.248. The van der Waals surface area contributed by atoms with Crippen molar-refractivity contribution < 1.29 is 9.53 Å². The van der Waals surface area contributed by atoms with Gasteiger partial charge >= 0.3 is 0 Å². The normalized spacial score (nSPS) is 16.9. The number of aromatic nitrogens is 5. The lowest BCUT2D eigenvalue weighted by molar-refractivity contribution is 0.0980. The number of rotatable bonds is 5. The summed E-state index contributed by atoms with van der Waals surface area (Å²) in [6.07, 6.45) is 3.31. The van der Waals surface area contributed by atoms with Gasteiger partial charge in [0, 0.05) is 42.7 Å². The molecule has 0 aliphatic carbocycles. The van der Waals surface area contributed by atoms with E-state index < -0.39 is 11.4 Å². The van der Waals surface area contributed by atoms with E-state index in [0.717, 1.165) is 21.3 Å². The number of hydrogen-bond donors (Lipinski definition) is 0. The SMILES string of the molecule is COc1cc2c(cnn2C)cc1-c1nc2c(n1C(C)C)[C@@](C)(c1ccc(Cl)s1)N(c1cc(Cl)cn(C)c1=O)C2=O. The molecule has 0 radical (unpaired) electrons. The van der Waals surface area contributed by atoms with E-state index in [0.29, 0.717) is 26.6 Å². The van der Waals surface area contributed by atoms with Gasteiger partial charge in [0.2, 0.25) is 0 Å². The summed E-state index contributed by atoms with van der Waals surface area (Å²) < 4.78 is 11.6. The molecule has 1 amide bonds. The lowest BCUT2D eigenvalue weighted by atomic mass is 9.94. The maximum absolute atomic E-state index is 14.3. The molecule has 9 nitrogen and oxygen atoms in total. The summed E-state index contributed by atoms with van der Waals surface area (Å²) in [4.78, 5) is 35.0. The minimum atomic E-state index is -1.11. The highest BCUT2D eigenvalue weighted by Crippen LogP contribution is 2.51. The predicted octanol–water partition coefficient (Wildman–Crippen LogP) is 6.02. The Morgan fingerprint density at radius 3 is 2.50 bits per heavy atom. The lowest BCUT2D eigenvalue weighted by Crippen LogP contribution is -2.46. The van der Waals surface area contributed by atoms with Crippen LogP contribution < -0.4 is 15.2 Å². The van der Waals surface area contributed by atoms with Crippen LogP contribution in [0.4, 0.5) is 5.69 Å². The molecule has 40 heavy (non-hydrogen) atoms. The average molecular weight is 598 g/mol. The second-order valence-corrected chi connectivity index (χ2v) is 12.4. The zero-order valence-corrected chi connectivity index (χ0v) is 25.0. The standard InChI is InChI=1S/C28H26Cl2N6O3S/c1-14(2)35-24-23(32-25(35)17-9-15-12-31-34(5)18(15)11-20(17)39-6)27(38)36(19-10-16(29)13-33(4)26(19)37)28(24,3)21-7-8-22(30)40-21/h7-14H,1-6H3/t28-/m1/s1. The molecule has 4 aromatic heterocycles. The number of nitrogens with zero attached hydrogens (tertiary/aromatic N) is 6. The third kappa shape index (κ3) is 3.66. The summed E-state index contributed by atoms with van der Waals surface area (Å²) >= 11 is 14.2. The number of benzene rings is 1. The molecule has 0 bridgehead atoms. The van der Waals surface area contributed by atoms with Gasteiger partial charge in [-0.2, -0.15) is 5.10 Å². The molecule has 0 N–H and O–H groups in total. The second-order valence-electron chi connectivity index (χ2n) is 10.3. The van der Waals surface area contributed by atoms with Gasteiger partial charge in [-0.3, -0.25) is 19.2 Å². The highest BCUT2D eigenvalue weighted by atomic mass is 35.5. The highest BCUT2D eigenvalue weighted by molar-refractivity contribution is 7.16. The number of aryl methyl sites for hydroxylation is 2. The predicted molar refractivity (Wildman–Crippen MR) is 158 cm³/mol. The largest absolute Gasteiger partial charge is 0.496 e. The van der Waals surface area contributed by atoms with E-state index in [1.165, 1.54) is 33.1 Å². The van der Waals surface area contributed by atoms with Gasteiger partial charge < -0.3 is 13.9 Å². The first kappa shape index (κ1) is 26.6. The minimum Gasteiger partial charge on any atom is -0.496 e. The van der Waals surface area contributed by atoms with E-state index in [1.54, 1.807) is 31.1 Å². The molecule has 5 heterocycles. The Kier molecular flexibility index (Phi) is 6.14. The fourth-order valence-electron chi connectivity index (χ4n) is 5.65. The summed E-state index contributed by atoms with van der Waals surface area (Å²) in [5.74, 6) is 0.794. The van der Waals surface area contributed by atoms with Crippen molar-refractivity contribution in [2.75, 3.05) is 12.0 Å². The van der Waals surface area contributed by atoms with E-state index in [1.807, 2.05) is 46.0 Å². The first-order valence-electron chi connectivity index (χ1n) is 12.6. The smallest absolute Gasteiger partial charge is 0.280 e. The zero-order chi connectivity index (χ0) is 28.7. The van der Waals surface area contributed by atoms with Crippen molar-refractivity contribution in [3.05, 3.63) is 78.7 Å². The van der Waals surface area contributed by atoms with Crippen LogP contribution in [0.1, 0.15) is 47.9 Å². The molecule has 0 saturated heterocycles. The Hall–Kier alpha value is -3.60. The van der Waals surface area contributed by atoms with Crippen LogP contribution in [-0.2, 0) is 19.6 Å². The molecule has 1 aliphatic rings. The molecule has 1 aromatic carbocycles. The first-order valence-corrected chi connectivity index (χ1v) is 14.1. The number of carbonyl (C=O) groups excluding carboxylic acids is 1. The van der Waals surface area contributed by atoms with Crippen molar-refractivity contribution in [1.29, 1.82) is 0 Å². The van der Waals surface area contributed by atoms with Crippen LogP contribution in [0.15, 0.2) is 47.5 Å². The molecular formula is C28H26Cl2N6O3S. The number of fused-ring (bicyclic) bond motifs is 2. The minimum absolute atomic E-state index is 0.106. The van der Waals surface area contributed by atoms with E-state index in [4.69, 9.17) is 32.9 Å². The van der Waals surface area contributed by atoms with E-state index in [2.05, 4.69) is 9.67 Å². The maximum atomic E-state index is 14.3.